The quantitative estimate of drug-likeness (QED) is 0.744. The van der Waals surface area contributed by atoms with Crippen molar-refractivity contribution in [3.63, 3.8) is 0 Å². The predicted molar refractivity (Wildman–Crippen MR) is 71.3 cm³/mol. The van der Waals surface area contributed by atoms with Crippen LogP contribution in [0.5, 0.6) is 0 Å². The molecule has 0 aromatic carbocycles. The van der Waals surface area contributed by atoms with Gasteiger partial charge in [0, 0.05) is 6.04 Å². The molecule has 0 aliphatic carbocycles. The third-order valence-corrected chi connectivity index (χ3v) is 4.38. The van der Waals surface area contributed by atoms with Gasteiger partial charge in [0.15, 0.2) is 0 Å². The SMILES string of the molecule is CCOC(=O)c1ccc(S(=O)(=O)N(CC(=O)O)C(C)C)o1. The second-order valence-electron chi connectivity index (χ2n) is 4.38. The summed E-state index contributed by atoms with van der Waals surface area (Å²) in [4.78, 5) is 22.2. The Labute approximate surface area is 122 Å². The second kappa shape index (κ2) is 6.72. The first-order valence-corrected chi connectivity index (χ1v) is 7.64. The zero-order chi connectivity index (χ0) is 16.2. The fraction of sp³-hybridized carbons (Fsp3) is 0.500. The van der Waals surface area contributed by atoms with E-state index in [9.17, 15) is 18.0 Å². The van der Waals surface area contributed by atoms with Crippen LogP contribution in [0.25, 0.3) is 0 Å². The highest BCUT2D eigenvalue weighted by Gasteiger charge is 2.32. The third-order valence-electron chi connectivity index (χ3n) is 2.49. The Hall–Kier alpha value is -1.87. The Morgan fingerprint density at radius 2 is 2.00 bits per heavy atom. The summed E-state index contributed by atoms with van der Waals surface area (Å²) >= 11 is 0. The van der Waals surface area contributed by atoms with Gasteiger partial charge in [0.05, 0.1) is 6.61 Å². The van der Waals surface area contributed by atoms with Crippen molar-refractivity contribution in [3.05, 3.63) is 17.9 Å². The number of carboxylic acids is 1. The molecule has 0 saturated heterocycles. The first kappa shape index (κ1) is 17.2. The maximum atomic E-state index is 12.3. The number of sulfonamides is 1. The van der Waals surface area contributed by atoms with Crippen LogP contribution in [-0.2, 0) is 19.6 Å². The van der Waals surface area contributed by atoms with E-state index < -0.39 is 39.6 Å². The normalized spacial score (nSPS) is 11.9. The zero-order valence-electron chi connectivity index (χ0n) is 11.9. The van der Waals surface area contributed by atoms with Crippen molar-refractivity contribution in [2.24, 2.45) is 0 Å². The van der Waals surface area contributed by atoms with Gasteiger partial charge in [0.1, 0.15) is 6.54 Å². The summed E-state index contributed by atoms with van der Waals surface area (Å²) in [5.41, 5.74) is 0. The average Bonchev–Trinajstić information content (AvgIpc) is 2.85. The molecule has 21 heavy (non-hydrogen) atoms. The summed E-state index contributed by atoms with van der Waals surface area (Å²) in [6, 6.07) is 1.69. The van der Waals surface area contributed by atoms with Gasteiger partial charge < -0.3 is 14.3 Å². The van der Waals surface area contributed by atoms with E-state index in [1.165, 1.54) is 19.9 Å². The summed E-state index contributed by atoms with van der Waals surface area (Å²) in [7, 11) is -4.14. The largest absolute Gasteiger partial charge is 0.480 e. The van der Waals surface area contributed by atoms with Gasteiger partial charge in [-0.05, 0) is 32.9 Å². The number of rotatable bonds is 7. The van der Waals surface area contributed by atoms with Crippen LogP contribution in [0.15, 0.2) is 21.6 Å². The van der Waals surface area contributed by atoms with Gasteiger partial charge in [0.2, 0.25) is 10.9 Å². The number of ether oxygens (including phenoxy) is 1. The van der Waals surface area contributed by atoms with Crippen molar-refractivity contribution in [2.45, 2.75) is 31.9 Å². The molecule has 0 unspecified atom stereocenters. The monoisotopic (exact) mass is 319 g/mol. The van der Waals surface area contributed by atoms with Crippen LogP contribution in [0.2, 0.25) is 0 Å². The van der Waals surface area contributed by atoms with Crippen LogP contribution >= 0.6 is 0 Å². The van der Waals surface area contributed by atoms with E-state index in [0.717, 1.165) is 10.4 Å². The van der Waals surface area contributed by atoms with E-state index in [2.05, 4.69) is 0 Å². The molecule has 0 saturated carbocycles. The first-order valence-electron chi connectivity index (χ1n) is 6.20. The number of hydrogen-bond donors (Lipinski definition) is 1. The molecular formula is C12H17NO7S. The molecule has 8 nitrogen and oxygen atoms in total. The molecule has 1 N–H and O–H groups in total. The molecule has 0 aliphatic heterocycles. The second-order valence-corrected chi connectivity index (χ2v) is 6.20. The third kappa shape index (κ3) is 4.05. The van der Waals surface area contributed by atoms with Gasteiger partial charge in [-0.1, -0.05) is 0 Å². The van der Waals surface area contributed by atoms with Gasteiger partial charge in [0.25, 0.3) is 10.0 Å². The number of hydrogen-bond acceptors (Lipinski definition) is 6. The highest BCUT2D eigenvalue weighted by Crippen LogP contribution is 2.21. The molecule has 0 bridgehead atoms. The van der Waals surface area contributed by atoms with Crippen molar-refractivity contribution in [2.75, 3.05) is 13.2 Å². The van der Waals surface area contributed by atoms with E-state index in [1.807, 2.05) is 0 Å². The zero-order valence-corrected chi connectivity index (χ0v) is 12.7. The number of carbonyl (C=O) groups excluding carboxylic acids is 1. The highest BCUT2D eigenvalue weighted by atomic mass is 32.2. The van der Waals surface area contributed by atoms with Crippen molar-refractivity contribution in [3.8, 4) is 0 Å². The smallest absolute Gasteiger partial charge is 0.374 e. The fourth-order valence-electron chi connectivity index (χ4n) is 1.56. The van der Waals surface area contributed by atoms with Crippen molar-refractivity contribution in [1.82, 2.24) is 4.31 Å². The van der Waals surface area contributed by atoms with Crippen molar-refractivity contribution in [1.29, 1.82) is 0 Å². The van der Waals surface area contributed by atoms with Crippen LogP contribution in [-0.4, -0.2) is 49.0 Å². The molecule has 0 radical (unpaired) electrons. The van der Waals surface area contributed by atoms with Gasteiger partial charge in [-0.25, -0.2) is 13.2 Å². The van der Waals surface area contributed by atoms with E-state index in [4.69, 9.17) is 14.3 Å². The van der Waals surface area contributed by atoms with Gasteiger partial charge >= 0.3 is 11.9 Å². The average molecular weight is 319 g/mol. The maximum absolute atomic E-state index is 12.3. The molecule has 1 rings (SSSR count). The maximum Gasteiger partial charge on any atom is 0.374 e. The molecule has 0 amide bonds. The minimum Gasteiger partial charge on any atom is -0.480 e. The van der Waals surface area contributed by atoms with E-state index >= 15 is 0 Å². The van der Waals surface area contributed by atoms with Crippen LogP contribution in [0.4, 0.5) is 0 Å². The molecule has 1 aromatic rings. The number of carbonyl (C=O) groups is 2. The predicted octanol–water partition coefficient (Wildman–Crippen LogP) is 0.940. The molecule has 0 fully saturated rings. The molecule has 1 aromatic heterocycles. The molecule has 0 atom stereocenters. The highest BCUT2D eigenvalue weighted by molar-refractivity contribution is 7.89. The van der Waals surface area contributed by atoms with E-state index in [1.54, 1.807) is 6.92 Å². The summed E-state index contributed by atoms with van der Waals surface area (Å²) in [6.07, 6.45) is 0. The number of esters is 1. The Kier molecular flexibility index (Phi) is 5.50. The Balaban J connectivity index is 3.11. The van der Waals surface area contributed by atoms with Crippen molar-refractivity contribution >= 4 is 22.0 Å². The van der Waals surface area contributed by atoms with Crippen LogP contribution < -0.4 is 0 Å². The van der Waals surface area contributed by atoms with Crippen LogP contribution in [0.1, 0.15) is 31.3 Å². The van der Waals surface area contributed by atoms with E-state index in [-0.39, 0.29) is 12.4 Å². The fourth-order valence-corrected chi connectivity index (χ4v) is 3.07. The van der Waals surface area contributed by atoms with E-state index in [0.29, 0.717) is 0 Å². The lowest BCUT2D eigenvalue weighted by molar-refractivity contribution is -0.137. The molecule has 0 aliphatic rings. The minimum absolute atomic E-state index is 0.124. The van der Waals surface area contributed by atoms with Gasteiger partial charge in [-0.2, -0.15) is 4.31 Å². The summed E-state index contributed by atoms with van der Waals surface area (Å²) in [5.74, 6) is -2.33. The molecule has 118 valence electrons. The standard InChI is InChI=1S/C12H17NO7S/c1-4-19-12(16)9-5-6-11(20-9)21(17,18)13(8(2)3)7-10(14)15/h5-6,8H,4,7H2,1-3H3,(H,14,15). The number of furan rings is 1. The summed E-state index contributed by atoms with van der Waals surface area (Å²) < 4.78 is 35.1. The lowest BCUT2D eigenvalue weighted by atomic mass is 10.4. The van der Waals surface area contributed by atoms with Gasteiger partial charge in [-0.3, -0.25) is 4.79 Å². The summed E-state index contributed by atoms with van der Waals surface area (Å²) in [5, 5.41) is 8.30. The molecule has 9 heteroatoms. The Morgan fingerprint density at radius 1 is 1.38 bits per heavy atom. The number of nitrogens with zero attached hydrogens (tertiary/aromatic N) is 1. The van der Waals surface area contributed by atoms with Crippen LogP contribution in [0.3, 0.4) is 0 Å². The number of carboxylic acid groups (broad SMARTS) is 1. The van der Waals surface area contributed by atoms with Gasteiger partial charge in [-0.15, -0.1) is 0 Å². The molecule has 1 heterocycles. The van der Waals surface area contributed by atoms with Crippen molar-refractivity contribution < 1.29 is 32.3 Å². The number of aliphatic carboxylic acids is 1. The molecular weight excluding hydrogens is 302 g/mol. The summed E-state index contributed by atoms with van der Waals surface area (Å²) in [6.45, 7) is 4.10. The lowest BCUT2D eigenvalue weighted by Gasteiger charge is -2.22. The molecule has 0 spiro atoms. The minimum atomic E-state index is -4.14. The van der Waals surface area contributed by atoms with Crippen LogP contribution in [0, 0.1) is 0 Å². The Morgan fingerprint density at radius 3 is 2.48 bits per heavy atom. The first-order chi connectivity index (χ1) is 9.70. The lowest BCUT2D eigenvalue weighted by Crippen LogP contribution is -2.40. The Bertz CT molecular complexity index is 617. The topological polar surface area (TPSA) is 114 Å².